The Kier molecular flexibility index (Phi) is 4.46. The fourth-order valence-corrected chi connectivity index (χ4v) is 0.308. The summed E-state index contributed by atoms with van der Waals surface area (Å²) in [4.78, 5) is 0. The third-order valence-electron chi connectivity index (χ3n) is 0.665. The van der Waals surface area contributed by atoms with Crippen LogP contribution in [0.15, 0.2) is 17.9 Å². The number of methoxy groups -OCH3 is 3. The second-order valence-corrected chi connectivity index (χ2v) is 1.19. The summed E-state index contributed by atoms with van der Waals surface area (Å²) in [6.07, 6.45) is 1.35. The Bertz CT molecular complexity index is 116. The van der Waals surface area contributed by atoms with Gasteiger partial charge >= 0.3 is 5.95 Å². The molecule has 0 fully saturated rings. The average molecular weight is 130 g/mol. The van der Waals surface area contributed by atoms with Crippen LogP contribution in [0.1, 0.15) is 0 Å². The van der Waals surface area contributed by atoms with Crippen LogP contribution in [0, 0.1) is 0 Å². The number of hydrogen-bond donors (Lipinski definition) is 0. The summed E-state index contributed by atoms with van der Waals surface area (Å²) in [5, 5.41) is 0. The maximum absolute atomic E-state index is 4.67. The van der Waals surface area contributed by atoms with E-state index in [1.54, 1.807) is 0 Å². The van der Waals surface area contributed by atoms with Crippen molar-refractivity contribution in [3.05, 3.63) is 17.9 Å². The molecule has 0 atom stereocenters. The Hall–Kier alpha value is -1.08. The van der Waals surface area contributed by atoms with E-state index in [-0.39, 0.29) is 0 Å². The first-order valence-corrected chi connectivity index (χ1v) is 2.41. The van der Waals surface area contributed by atoms with Crippen LogP contribution in [-0.2, 0) is 14.2 Å². The molecule has 52 valence electrons. The second kappa shape index (κ2) is 5.06. The van der Waals surface area contributed by atoms with E-state index in [2.05, 4.69) is 19.9 Å². The second-order valence-electron chi connectivity index (χ2n) is 1.19. The Balaban J connectivity index is 3.89. The molecule has 0 aliphatic rings. The highest BCUT2D eigenvalue weighted by atomic mass is 16.7. The molecule has 0 aliphatic heterocycles. The van der Waals surface area contributed by atoms with Crippen molar-refractivity contribution in [3.63, 3.8) is 0 Å². The Morgan fingerprint density at radius 1 is 1.22 bits per heavy atom. The van der Waals surface area contributed by atoms with Crippen LogP contribution in [0.25, 0.3) is 0 Å². The van der Waals surface area contributed by atoms with Crippen molar-refractivity contribution in [2.75, 3.05) is 21.3 Å². The summed E-state index contributed by atoms with van der Waals surface area (Å²) in [6.45, 7) is 0. The lowest BCUT2D eigenvalue weighted by molar-refractivity contribution is 0.0958. The molecule has 0 unspecified atom stereocenters. The summed E-state index contributed by atoms with van der Waals surface area (Å²) in [7, 11) is 4.51. The molecule has 0 rings (SSSR count). The summed E-state index contributed by atoms with van der Waals surface area (Å²) in [5.41, 5.74) is 2.59. The molecule has 9 heavy (non-hydrogen) atoms. The highest BCUT2D eigenvalue weighted by Gasteiger charge is 1.84. The van der Waals surface area contributed by atoms with E-state index in [0.29, 0.717) is 5.95 Å². The maximum Gasteiger partial charge on any atom is 0.330 e. The van der Waals surface area contributed by atoms with Gasteiger partial charge in [-0.05, 0) is 0 Å². The van der Waals surface area contributed by atoms with Crippen molar-refractivity contribution < 1.29 is 14.2 Å². The molecule has 0 radical (unpaired) electrons. The zero-order valence-corrected chi connectivity index (χ0v) is 5.80. The van der Waals surface area contributed by atoms with Gasteiger partial charge in [0.25, 0.3) is 0 Å². The minimum atomic E-state index is 0.303. The Labute approximate surface area is 54.5 Å². The van der Waals surface area contributed by atoms with Crippen molar-refractivity contribution in [2.45, 2.75) is 0 Å². The first kappa shape index (κ1) is 7.92. The first-order chi connectivity index (χ1) is 4.35. The van der Waals surface area contributed by atoms with E-state index in [0.717, 1.165) is 0 Å². The van der Waals surface area contributed by atoms with Gasteiger partial charge in [0.2, 0.25) is 0 Å². The minimum Gasteiger partial charge on any atom is -0.496 e. The third kappa shape index (κ3) is 3.50. The van der Waals surface area contributed by atoms with Gasteiger partial charge in [0.1, 0.15) is 6.26 Å². The molecule has 0 spiro atoms. The van der Waals surface area contributed by atoms with Gasteiger partial charge in [-0.2, -0.15) is 0 Å². The van der Waals surface area contributed by atoms with E-state index >= 15 is 0 Å². The SMILES string of the molecule is COC=C=C(OC)OC. The predicted molar refractivity (Wildman–Crippen MR) is 32.6 cm³/mol. The lowest BCUT2D eigenvalue weighted by Crippen LogP contribution is -1.85. The molecule has 0 aromatic heterocycles. The molecule has 0 saturated heterocycles. The molecule has 0 N–H and O–H groups in total. The average Bonchev–Trinajstić information content (AvgIpc) is 1.91. The monoisotopic (exact) mass is 130 g/mol. The smallest absolute Gasteiger partial charge is 0.330 e. The molecular weight excluding hydrogens is 120 g/mol. The minimum absolute atomic E-state index is 0.303. The zero-order valence-electron chi connectivity index (χ0n) is 5.80. The van der Waals surface area contributed by atoms with Crippen LogP contribution >= 0.6 is 0 Å². The van der Waals surface area contributed by atoms with Crippen LogP contribution in [0.3, 0.4) is 0 Å². The number of ether oxygens (including phenoxy) is 3. The van der Waals surface area contributed by atoms with Crippen LogP contribution < -0.4 is 0 Å². The molecule has 0 saturated carbocycles. The van der Waals surface area contributed by atoms with Gasteiger partial charge in [-0.3, -0.25) is 0 Å². The van der Waals surface area contributed by atoms with E-state index in [4.69, 9.17) is 0 Å². The van der Waals surface area contributed by atoms with Gasteiger partial charge < -0.3 is 14.2 Å². The summed E-state index contributed by atoms with van der Waals surface area (Å²) in [6, 6.07) is 0. The molecule has 0 aromatic carbocycles. The highest BCUT2D eigenvalue weighted by Crippen LogP contribution is 1.90. The van der Waals surface area contributed by atoms with Crippen LogP contribution in [0.4, 0.5) is 0 Å². The maximum atomic E-state index is 4.67. The molecule has 0 heterocycles. The number of rotatable bonds is 3. The van der Waals surface area contributed by atoms with Crippen LogP contribution in [-0.4, -0.2) is 21.3 Å². The van der Waals surface area contributed by atoms with E-state index in [9.17, 15) is 0 Å². The van der Waals surface area contributed by atoms with Gasteiger partial charge in [-0.25, -0.2) is 0 Å². The fraction of sp³-hybridized carbons (Fsp3) is 0.500. The molecule has 0 aromatic rings. The zero-order chi connectivity index (χ0) is 7.11. The molecule has 0 amide bonds. The Morgan fingerprint density at radius 2 is 1.78 bits per heavy atom. The van der Waals surface area contributed by atoms with Crippen molar-refractivity contribution in [2.24, 2.45) is 0 Å². The summed E-state index contributed by atoms with van der Waals surface area (Å²) >= 11 is 0. The van der Waals surface area contributed by atoms with E-state index in [1.807, 2.05) is 0 Å². The predicted octanol–water partition coefficient (Wildman–Crippen LogP) is 0.880. The standard InChI is InChI=1S/C6H10O3/c1-7-5-4-6(8-2)9-3/h5H,1-3H3. The first-order valence-electron chi connectivity index (χ1n) is 2.41. The summed E-state index contributed by atoms with van der Waals surface area (Å²) in [5.74, 6) is 0.303. The number of hydrogen-bond acceptors (Lipinski definition) is 3. The molecule has 0 aliphatic carbocycles. The quantitative estimate of drug-likeness (QED) is 0.419. The van der Waals surface area contributed by atoms with Crippen molar-refractivity contribution in [3.8, 4) is 0 Å². The fourth-order valence-electron chi connectivity index (χ4n) is 0.308. The topological polar surface area (TPSA) is 27.7 Å². The highest BCUT2D eigenvalue weighted by molar-refractivity contribution is 4.79. The van der Waals surface area contributed by atoms with Gasteiger partial charge in [0.05, 0.1) is 21.3 Å². The summed E-state index contributed by atoms with van der Waals surface area (Å²) < 4.78 is 13.9. The van der Waals surface area contributed by atoms with Crippen molar-refractivity contribution >= 4 is 0 Å². The normalized spacial score (nSPS) is 7.00. The largest absolute Gasteiger partial charge is 0.496 e. The van der Waals surface area contributed by atoms with Crippen molar-refractivity contribution in [1.29, 1.82) is 0 Å². The third-order valence-corrected chi connectivity index (χ3v) is 0.665. The molecule has 0 bridgehead atoms. The van der Waals surface area contributed by atoms with Crippen molar-refractivity contribution in [1.82, 2.24) is 0 Å². The van der Waals surface area contributed by atoms with Gasteiger partial charge in [0.15, 0.2) is 0 Å². The van der Waals surface area contributed by atoms with E-state index in [1.165, 1.54) is 27.6 Å². The van der Waals surface area contributed by atoms with Gasteiger partial charge in [0, 0.05) is 5.73 Å². The molecule has 3 heteroatoms. The van der Waals surface area contributed by atoms with Crippen LogP contribution in [0.5, 0.6) is 0 Å². The lowest BCUT2D eigenvalue weighted by atomic mass is 10.8. The molecule has 3 nitrogen and oxygen atoms in total. The lowest BCUT2D eigenvalue weighted by Gasteiger charge is -1.97. The Morgan fingerprint density at radius 3 is 2.11 bits per heavy atom. The van der Waals surface area contributed by atoms with Gasteiger partial charge in [-0.1, -0.05) is 0 Å². The van der Waals surface area contributed by atoms with Crippen LogP contribution in [0.2, 0.25) is 0 Å². The molecular formula is C6H10O3. The van der Waals surface area contributed by atoms with Gasteiger partial charge in [-0.15, -0.1) is 0 Å². The van der Waals surface area contributed by atoms with E-state index < -0.39 is 0 Å².